The summed E-state index contributed by atoms with van der Waals surface area (Å²) in [6.45, 7) is 4.00. The lowest BCUT2D eigenvalue weighted by Crippen LogP contribution is -2.20. The summed E-state index contributed by atoms with van der Waals surface area (Å²) >= 11 is 0. The van der Waals surface area contributed by atoms with Gasteiger partial charge in [0.25, 0.3) is 0 Å². The molecule has 0 bridgehead atoms. The Labute approximate surface area is 142 Å². The van der Waals surface area contributed by atoms with E-state index < -0.39 is 0 Å². The van der Waals surface area contributed by atoms with E-state index in [1.165, 1.54) is 5.56 Å². The summed E-state index contributed by atoms with van der Waals surface area (Å²) < 4.78 is 10.5. The Kier molecular flexibility index (Phi) is 4.99. The van der Waals surface area contributed by atoms with E-state index in [1.807, 2.05) is 24.3 Å². The van der Waals surface area contributed by atoms with E-state index in [1.54, 1.807) is 26.3 Å². The van der Waals surface area contributed by atoms with Crippen molar-refractivity contribution in [3.63, 3.8) is 0 Å². The molecule has 3 rings (SSSR count). The van der Waals surface area contributed by atoms with Crippen LogP contribution in [-0.4, -0.2) is 37.8 Å². The minimum absolute atomic E-state index is 0.329. The minimum atomic E-state index is -0.329. The second-order valence-electron chi connectivity index (χ2n) is 5.80. The molecule has 1 atom stereocenters. The molecule has 1 unspecified atom stereocenters. The smallest absolute Gasteiger partial charge is 0.339 e. The Morgan fingerprint density at radius 1 is 1.29 bits per heavy atom. The van der Waals surface area contributed by atoms with Crippen LogP contribution in [0.5, 0.6) is 5.75 Å². The zero-order chi connectivity index (χ0) is 16.9. The molecule has 0 amide bonds. The molecule has 1 aliphatic heterocycles. The summed E-state index contributed by atoms with van der Waals surface area (Å²) in [5, 5.41) is 0. The average Bonchev–Trinajstić information content (AvgIpc) is 3.12. The molecule has 0 spiro atoms. The van der Waals surface area contributed by atoms with E-state index in [-0.39, 0.29) is 5.97 Å². The predicted molar refractivity (Wildman–Crippen MR) is 92.8 cm³/mol. The van der Waals surface area contributed by atoms with Crippen molar-refractivity contribution in [2.24, 2.45) is 0 Å². The Bertz CT molecular complexity index is 700. The van der Waals surface area contributed by atoms with Gasteiger partial charge in [0, 0.05) is 25.2 Å². The Morgan fingerprint density at radius 2 is 2.12 bits per heavy atom. The van der Waals surface area contributed by atoms with Gasteiger partial charge in [0.15, 0.2) is 0 Å². The van der Waals surface area contributed by atoms with Crippen LogP contribution in [0, 0.1) is 0 Å². The van der Waals surface area contributed by atoms with Gasteiger partial charge in [0.2, 0.25) is 0 Å². The molecule has 0 saturated carbocycles. The van der Waals surface area contributed by atoms with Crippen LogP contribution in [0.2, 0.25) is 0 Å². The van der Waals surface area contributed by atoms with E-state index in [0.29, 0.717) is 18.1 Å². The topological polar surface area (TPSA) is 51.7 Å². The Hall–Kier alpha value is -2.56. The van der Waals surface area contributed by atoms with Gasteiger partial charge in [-0.3, -0.25) is 0 Å². The molecule has 1 aromatic carbocycles. The van der Waals surface area contributed by atoms with Crippen molar-refractivity contribution in [2.45, 2.75) is 19.3 Å². The molecule has 5 heteroatoms. The van der Waals surface area contributed by atoms with Crippen LogP contribution in [0.4, 0.5) is 5.82 Å². The number of methoxy groups -OCH3 is 1. The standard InChI is InChI=1S/C19H22N2O3/c1-3-24-19(22)14-8-9-18(20-12-14)21-11-10-15(13-21)16-6-4-5-7-17(16)23-2/h4-9,12,15H,3,10-11,13H2,1-2H3. The summed E-state index contributed by atoms with van der Waals surface area (Å²) in [5.74, 6) is 1.92. The first kappa shape index (κ1) is 16.3. The zero-order valence-corrected chi connectivity index (χ0v) is 14.1. The van der Waals surface area contributed by atoms with E-state index in [2.05, 4.69) is 16.0 Å². The van der Waals surface area contributed by atoms with Crippen LogP contribution >= 0.6 is 0 Å². The highest BCUT2D eigenvalue weighted by Gasteiger charge is 2.26. The maximum absolute atomic E-state index is 11.7. The Balaban J connectivity index is 1.70. The molecule has 1 aliphatic rings. The number of esters is 1. The molecule has 2 aromatic rings. The highest BCUT2D eigenvalue weighted by Crippen LogP contribution is 2.34. The number of hydrogen-bond acceptors (Lipinski definition) is 5. The predicted octanol–water partition coefficient (Wildman–Crippen LogP) is 3.26. The zero-order valence-electron chi connectivity index (χ0n) is 14.1. The van der Waals surface area contributed by atoms with Gasteiger partial charge >= 0.3 is 5.97 Å². The molecular weight excluding hydrogens is 304 g/mol. The molecule has 5 nitrogen and oxygen atoms in total. The largest absolute Gasteiger partial charge is 0.496 e. The third-order valence-corrected chi connectivity index (χ3v) is 4.35. The first-order valence-electron chi connectivity index (χ1n) is 8.24. The van der Waals surface area contributed by atoms with Gasteiger partial charge in [-0.1, -0.05) is 18.2 Å². The lowest BCUT2D eigenvalue weighted by molar-refractivity contribution is 0.0526. The number of pyridine rings is 1. The van der Waals surface area contributed by atoms with Crippen molar-refractivity contribution in [3.8, 4) is 5.75 Å². The van der Waals surface area contributed by atoms with Crippen molar-refractivity contribution < 1.29 is 14.3 Å². The van der Waals surface area contributed by atoms with Crippen LogP contribution in [0.1, 0.15) is 35.2 Å². The molecule has 0 N–H and O–H groups in total. The third-order valence-electron chi connectivity index (χ3n) is 4.35. The summed E-state index contributed by atoms with van der Waals surface area (Å²) in [7, 11) is 1.71. The maximum atomic E-state index is 11.7. The monoisotopic (exact) mass is 326 g/mol. The van der Waals surface area contributed by atoms with Crippen LogP contribution in [0.15, 0.2) is 42.6 Å². The molecule has 1 fully saturated rings. The van der Waals surface area contributed by atoms with E-state index in [4.69, 9.17) is 9.47 Å². The molecule has 0 aliphatic carbocycles. The third kappa shape index (κ3) is 3.35. The maximum Gasteiger partial charge on any atom is 0.339 e. The van der Waals surface area contributed by atoms with Gasteiger partial charge in [-0.2, -0.15) is 0 Å². The second-order valence-corrected chi connectivity index (χ2v) is 5.80. The number of nitrogens with zero attached hydrogens (tertiary/aromatic N) is 2. The van der Waals surface area contributed by atoms with Gasteiger partial charge in [-0.15, -0.1) is 0 Å². The molecular formula is C19H22N2O3. The van der Waals surface area contributed by atoms with Crippen molar-refractivity contribution >= 4 is 11.8 Å². The fraction of sp³-hybridized carbons (Fsp3) is 0.368. The lowest BCUT2D eigenvalue weighted by Gasteiger charge is -2.18. The molecule has 1 aromatic heterocycles. The van der Waals surface area contributed by atoms with Crippen molar-refractivity contribution in [3.05, 3.63) is 53.7 Å². The van der Waals surface area contributed by atoms with Crippen molar-refractivity contribution in [1.29, 1.82) is 0 Å². The van der Waals surface area contributed by atoms with Gasteiger partial charge in [0.05, 0.1) is 19.3 Å². The van der Waals surface area contributed by atoms with Crippen molar-refractivity contribution in [2.75, 3.05) is 31.7 Å². The first-order chi connectivity index (χ1) is 11.7. The highest BCUT2D eigenvalue weighted by molar-refractivity contribution is 5.89. The fourth-order valence-electron chi connectivity index (χ4n) is 3.13. The molecule has 0 radical (unpaired) electrons. The summed E-state index contributed by atoms with van der Waals surface area (Å²) in [6.07, 6.45) is 2.64. The quantitative estimate of drug-likeness (QED) is 0.789. The Morgan fingerprint density at radius 3 is 2.83 bits per heavy atom. The number of ether oxygens (including phenoxy) is 2. The van der Waals surface area contributed by atoms with Crippen LogP contribution in [0.25, 0.3) is 0 Å². The number of hydrogen-bond donors (Lipinski definition) is 0. The molecule has 2 heterocycles. The number of rotatable bonds is 5. The van der Waals surface area contributed by atoms with Crippen LogP contribution in [-0.2, 0) is 4.74 Å². The fourth-order valence-corrected chi connectivity index (χ4v) is 3.13. The first-order valence-corrected chi connectivity index (χ1v) is 8.24. The lowest BCUT2D eigenvalue weighted by atomic mass is 9.97. The SMILES string of the molecule is CCOC(=O)c1ccc(N2CCC(c3ccccc3OC)C2)nc1. The average molecular weight is 326 g/mol. The number of benzene rings is 1. The summed E-state index contributed by atoms with van der Waals surface area (Å²) in [6, 6.07) is 11.8. The highest BCUT2D eigenvalue weighted by atomic mass is 16.5. The minimum Gasteiger partial charge on any atom is -0.496 e. The summed E-state index contributed by atoms with van der Waals surface area (Å²) in [5.41, 5.74) is 1.73. The van der Waals surface area contributed by atoms with E-state index >= 15 is 0 Å². The van der Waals surface area contributed by atoms with E-state index in [9.17, 15) is 4.79 Å². The van der Waals surface area contributed by atoms with Crippen molar-refractivity contribution in [1.82, 2.24) is 4.98 Å². The second kappa shape index (κ2) is 7.34. The molecule has 24 heavy (non-hydrogen) atoms. The van der Waals surface area contributed by atoms with Gasteiger partial charge in [-0.05, 0) is 37.1 Å². The molecule has 1 saturated heterocycles. The summed E-state index contributed by atoms with van der Waals surface area (Å²) in [4.78, 5) is 18.4. The van der Waals surface area contributed by atoms with Gasteiger partial charge in [-0.25, -0.2) is 9.78 Å². The molecule has 126 valence electrons. The number of carbonyl (C=O) groups is 1. The number of anilines is 1. The number of carbonyl (C=O) groups excluding carboxylic acids is 1. The number of para-hydroxylation sites is 1. The van der Waals surface area contributed by atoms with E-state index in [0.717, 1.165) is 31.1 Å². The van der Waals surface area contributed by atoms with Gasteiger partial charge in [0.1, 0.15) is 11.6 Å². The van der Waals surface area contributed by atoms with Crippen LogP contribution < -0.4 is 9.64 Å². The normalized spacial score (nSPS) is 16.9. The number of aromatic nitrogens is 1. The van der Waals surface area contributed by atoms with Crippen LogP contribution in [0.3, 0.4) is 0 Å². The van der Waals surface area contributed by atoms with Gasteiger partial charge < -0.3 is 14.4 Å².